The van der Waals surface area contributed by atoms with Crippen LogP contribution in [0.5, 0.6) is 5.75 Å². The van der Waals surface area contributed by atoms with Gasteiger partial charge >= 0.3 is 0 Å². The first-order valence-electron chi connectivity index (χ1n) is 5.98. The number of benzene rings is 1. The zero-order valence-corrected chi connectivity index (χ0v) is 10.4. The molecule has 0 saturated carbocycles. The maximum absolute atomic E-state index is 13.3. The van der Waals surface area contributed by atoms with Crippen LogP contribution in [-0.2, 0) is 0 Å². The third-order valence-corrected chi connectivity index (χ3v) is 3.69. The lowest BCUT2D eigenvalue weighted by Crippen LogP contribution is -2.44. The molecule has 1 aromatic rings. The van der Waals surface area contributed by atoms with Crippen LogP contribution in [0.3, 0.4) is 0 Å². The van der Waals surface area contributed by atoms with Gasteiger partial charge in [0.2, 0.25) is 0 Å². The Labute approximate surface area is 105 Å². The van der Waals surface area contributed by atoms with Gasteiger partial charge in [-0.15, -0.1) is 0 Å². The molecule has 2 atom stereocenters. The van der Waals surface area contributed by atoms with E-state index in [2.05, 4.69) is 4.90 Å². The van der Waals surface area contributed by atoms with Crippen molar-refractivity contribution in [3.05, 3.63) is 29.6 Å². The molecule has 0 aromatic heterocycles. The van der Waals surface area contributed by atoms with Crippen LogP contribution in [0, 0.1) is 5.82 Å². The average molecular weight is 250 g/mol. The van der Waals surface area contributed by atoms with Gasteiger partial charge in [0.1, 0.15) is 17.7 Å². The van der Waals surface area contributed by atoms with Gasteiger partial charge in [0.05, 0.1) is 11.6 Å². The van der Waals surface area contributed by atoms with E-state index in [9.17, 15) is 9.18 Å². The van der Waals surface area contributed by atoms with Crippen LogP contribution in [0.4, 0.5) is 4.39 Å². The Morgan fingerprint density at radius 1 is 1.33 bits per heavy atom. The van der Waals surface area contributed by atoms with E-state index in [-0.39, 0.29) is 23.9 Å². The number of hydrogen-bond acceptors (Lipinski definition) is 3. The van der Waals surface area contributed by atoms with Crippen molar-refractivity contribution in [1.82, 2.24) is 9.80 Å². The Hall–Kier alpha value is -1.62. The highest BCUT2D eigenvalue weighted by atomic mass is 19.1. The minimum absolute atomic E-state index is 0.0259. The van der Waals surface area contributed by atoms with Gasteiger partial charge in [-0.05, 0) is 19.2 Å². The van der Waals surface area contributed by atoms with Crippen LogP contribution in [0.2, 0.25) is 0 Å². The standard InChI is InChI=1S/C13H15FN2O2/c1-15-6-10-12(7-15)18-11-5-8(14)3-4-9(11)13(17)16(10)2/h3-5,10,12H,6-7H2,1-2H3/t10-,12+/m1/s1. The number of halogens is 1. The van der Waals surface area contributed by atoms with Crippen molar-refractivity contribution in [3.8, 4) is 5.75 Å². The van der Waals surface area contributed by atoms with Crippen molar-refractivity contribution < 1.29 is 13.9 Å². The highest BCUT2D eigenvalue weighted by molar-refractivity contribution is 5.97. The lowest BCUT2D eigenvalue weighted by molar-refractivity contribution is 0.0682. The SMILES string of the molecule is CN1C[C@@H]2Oc3cc(F)ccc3C(=O)N(C)[C@@H]2C1. The van der Waals surface area contributed by atoms with E-state index in [1.165, 1.54) is 18.2 Å². The summed E-state index contributed by atoms with van der Waals surface area (Å²) in [6.07, 6.45) is -0.0907. The minimum Gasteiger partial charge on any atom is -0.486 e. The summed E-state index contributed by atoms with van der Waals surface area (Å²) in [5.74, 6) is -0.128. The maximum Gasteiger partial charge on any atom is 0.257 e. The van der Waals surface area contributed by atoms with Crippen molar-refractivity contribution >= 4 is 5.91 Å². The van der Waals surface area contributed by atoms with Gasteiger partial charge in [-0.25, -0.2) is 4.39 Å². The van der Waals surface area contributed by atoms with E-state index >= 15 is 0 Å². The van der Waals surface area contributed by atoms with E-state index < -0.39 is 0 Å². The third-order valence-electron chi connectivity index (χ3n) is 3.69. The van der Waals surface area contributed by atoms with Crippen molar-refractivity contribution in [3.63, 3.8) is 0 Å². The van der Waals surface area contributed by atoms with Crippen LogP contribution in [0.1, 0.15) is 10.4 Å². The van der Waals surface area contributed by atoms with Crippen LogP contribution >= 0.6 is 0 Å². The number of carbonyl (C=O) groups is 1. The lowest BCUT2D eigenvalue weighted by Gasteiger charge is -2.25. The summed E-state index contributed by atoms with van der Waals surface area (Å²) in [7, 11) is 3.77. The Morgan fingerprint density at radius 3 is 2.89 bits per heavy atom. The molecule has 5 heteroatoms. The number of likely N-dealkylation sites (N-methyl/N-ethyl adjacent to an activating group) is 2. The highest BCUT2D eigenvalue weighted by Crippen LogP contribution is 2.30. The molecule has 2 aliphatic rings. The van der Waals surface area contributed by atoms with E-state index in [0.717, 1.165) is 13.1 Å². The number of nitrogens with zero attached hydrogens (tertiary/aromatic N) is 2. The molecule has 2 heterocycles. The molecule has 1 aromatic carbocycles. The van der Waals surface area contributed by atoms with E-state index in [1.807, 2.05) is 7.05 Å². The fraction of sp³-hybridized carbons (Fsp3) is 0.462. The quantitative estimate of drug-likeness (QED) is 0.688. The zero-order valence-electron chi connectivity index (χ0n) is 10.4. The number of amides is 1. The number of fused-ring (bicyclic) bond motifs is 2. The van der Waals surface area contributed by atoms with Crippen LogP contribution in [0.25, 0.3) is 0 Å². The zero-order chi connectivity index (χ0) is 12.9. The van der Waals surface area contributed by atoms with E-state index in [1.54, 1.807) is 11.9 Å². The fourth-order valence-corrected chi connectivity index (χ4v) is 2.70. The predicted molar refractivity (Wildman–Crippen MR) is 64.2 cm³/mol. The van der Waals surface area contributed by atoms with Crippen molar-refractivity contribution in [2.75, 3.05) is 27.2 Å². The highest BCUT2D eigenvalue weighted by Gasteiger charge is 2.41. The number of rotatable bonds is 0. The summed E-state index contributed by atoms with van der Waals surface area (Å²) in [5.41, 5.74) is 0.441. The smallest absolute Gasteiger partial charge is 0.257 e. The normalized spacial score (nSPS) is 27.5. The number of hydrogen-bond donors (Lipinski definition) is 0. The van der Waals surface area contributed by atoms with Crippen molar-refractivity contribution in [2.45, 2.75) is 12.1 Å². The molecule has 0 N–H and O–H groups in total. The Bertz CT molecular complexity index is 506. The molecule has 3 rings (SSSR count). The first-order chi connectivity index (χ1) is 8.56. The maximum atomic E-state index is 13.3. The molecule has 96 valence electrons. The summed E-state index contributed by atoms with van der Waals surface area (Å²) in [6, 6.07) is 4.11. The van der Waals surface area contributed by atoms with Gasteiger partial charge in [0, 0.05) is 26.2 Å². The van der Waals surface area contributed by atoms with E-state index in [4.69, 9.17) is 4.74 Å². The number of carbonyl (C=O) groups excluding carboxylic acids is 1. The summed E-state index contributed by atoms with van der Waals surface area (Å²) in [6.45, 7) is 1.53. The van der Waals surface area contributed by atoms with Crippen molar-refractivity contribution in [1.29, 1.82) is 0 Å². The summed E-state index contributed by atoms with van der Waals surface area (Å²) < 4.78 is 19.1. The van der Waals surface area contributed by atoms with Crippen LogP contribution in [0.15, 0.2) is 18.2 Å². The molecule has 4 nitrogen and oxygen atoms in total. The molecule has 0 aliphatic carbocycles. The second-order valence-corrected chi connectivity index (χ2v) is 5.00. The van der Waals surface area contributed by atoms with Gasteiger partial charge in [0.25, 0.3) is 5.91 Å². The first-order valence-corrected chi connectivity index (χ1v) is 5.98. The molecular formula is C13H15FN2O2. The van der Waals surface area contributed by atoms with Gasteiger partial charge in [0.15, 0.2) is 0 Å². The molecule has 1 saturated heterocycles. The monoisotopic (exact) mass is 250 g/mol. The summed E-state index contributed by atoms with van der Waals surface area (Å²) in [4.78, 5) is 16.1. The molecule has 1 amide bonds. The summed E-state index contributed by atoms with van der Waals surface area (Å²) in [5, 5.41) is 0. The van der Waals surface area contributed by atoms with Gasteiger partial charge in [-0.2, -0.15) is 0 Å². The van der Waals surface area contributed by atoms with E-state index in [0.29, 0.717) is 11.3 Å². The fourth-order valence-electron chi connectivity index (χ4n) is 2.70. The second-order valence-electron chi connectivity index (χ2n) is 5.00. The van der Waals surface area contributed by atoms with Crippen LogP contribution in [-0.4, -0.2) is 55.0 Å². The topological polar surface area (TPSA) is 32.8 Å². The minimum atomic E-state index is -0.381. The Kier molecular flexibility index (Phi) is 2.52. The Morgan fingerprint density at radius 2 is 2.11 bits per heavy atom. The predicted octanol–water partition coefficient (Wildman–Crippen LogP) is 0.973. The van der Waals surface area contributed by atoms with Gasteiger partial charge in [-0.3, -0.25) is 4.79 Å². The van der Waals surface area contributed by atoms with Crippen LogP contribution < -0.4 is 4.74 Å². The summed E-state index contributed by atoms with van der Waals surface area (Å²) >= 11 is 0. The van der Waals surface area contributed by atoms with Crippen molar-refractivity contribution in [2.24, 2.45) is 0 Å². The number of ether oxygens (including phenoxy) is 1. The largest absolute Gasteiger partial charge is 0.486 e. The number of likely N-dealkylation sites (tertiary alicyclic amines) is 1. The van der Waals surface area contributed by atoms with Gasteiger partial charge in [-0.1, -0.05) is 0 Å². The molecule has 0 radical (unpaired) electrons. The first kappa shape index (κ1) is 11.5. The molecule has 0 spiro atoms. The third kappa shape index (κ3) is 1.66. The molecule has 2 aliphatic heterocycles. The molecule has 0 unspecified atom stereocenters. The second kappa shape index (κ2) is 3.95. The molecule has 18 heavy (non-hydrogen) atoms. The molecule has 0 bridgehead atoms. The Balaban J connectivity index is 2.05. The lowest BCUT2D eigenvalue weighted by atomic mass is 10.1. The molecular weight excluding hydrogens is 235 g/mol. The van der Waals surface area contributed by atoms with Gasteiger partial charge < -0.3 is 14.5 Å². The average Bonchev–Trinajstić information content (AvgIpc) is 2.65. The molecule has 1 fully saturated rings.